The monoisotopic (exact) mass is 237 g/mol. The van der Waals surface area contributed by atoms with Crippen LogP contribution in [-0.4, -0.2) is 19.8 Å². The lowest BCUT2D eigenvalue weighted by Gasteiger charge is -2.26. The molecule has 0 bridgehead atoms. The lowest BCUT2D eigenvalue weighted by Crippen LogP contribution is -2.29. The standard InChI is InChI=1S/C14H20FNO/c1-9-4-5-11(8-13(9)15)14(16-3)12-6-7-17-10(12)2/h4-5,8,10,12,14,16H,6-7H2,1-3H3. The molecule has 0 radical (unpaired) electrons. The largest absolute Gasteiger partial charge is 0.378 e. The minimum Gasteiger partial charge on any atom is -0.378 e. The van der Waals surface area contributed by atoms with Crippen molar-refractivity contribution in [1.29, 1.82) is 0 Å². The number of halogens is 1. The minimum atomic E-state index is -0.130. The van der Waals surface area contributed by atoms with E-state index in [0.29, 0.717) is 11.5 Å². The molecule has 1 N–H and O–H groups in total. The molecule has 2 nitrogen and oxygen atoms in total. The highest BCUT2D eigenvalue weighted by atomic mass is 19.1. The summed E-state index contributed by atoms with van der Waals surface area (Å²) in [5, 5.41) is 3.29. The highest BCUT2D eigenvalue weighted by Crippen LogP contribution is 2.33. The maximum atomic E-state index is 13.6. The molecule has 1 fully saturated rings. The van der Waals surface area contributed by atoms with Crippen molar-refractivity contribution in [3.05, 3.63) is 35.1 Å². The third-order valence-corrected chi connectivity index (χ3v) is 3.73. The Morgan fingerprint density at radius 3 is 2.76 bits per heavy atom. The number of benzene rings is 1. The van der Waals surface area contributed by atoms with E-state index in [1.807, 2.05) is 19.2 Å². The van der Waals surface area contributed by atoms with Crippen molar-refractivity contribution in [2.24, 2.45) is 5.92 Å². The van der Waals surface area contributed by atoms with Gasteiger partial charge in [-0.05, 0) is 44.5 Å². The van der Waals surface area contributed by atoms with Crippen LogP contribution in [0.1, 0.15) is 30.5 Å². The Labute approximate surface area is 102 Å². The predicted octanol–water partition coefficient (Wildman–Crippen LogP) is 2.82. The normalized spacial score (nSPS) is 26.1. The van der Waals surface area contributed by atoms with Crippen molar-refractivity contribution < 1.29 is 9.13 Å². The summed E-state index contributed by atoms with van der Waals surface area (Å²) < 4.78 is 19.2. The van der Waals surface area contributed by atoms with Crippen LogP contribution in [0.2, 0.25) is 0 Å². The molecule has 1 aromatic carbocycles. The molecule has 0 aromatic heterocycles. The van der Waals surface area contributed by atoms with Crippen molar-refractivity contribution in [2.75, 3.05) is 13.7 Å². The summed E-state index contributed by atoms with van der Waals surface area (Å²) in [6.07, 6.45) is 1.26. The summed E-state index contributed by atoms with van der Waals surface area (Å²) in [5.74, 6) is 0.288. The Hall–Kier alpha value is -0.930. The molecule has 17 heavy (non-hydrogen) atoms. The quantitative estimate of drug-likeness (QED) is 0.872. The predicted molar refractivity (Wildman–Crippen MR) is 66.5 cm³/mol. The Kier molecular flexibility index (Phi) is 3.79. The zero-order valence-corrected chi connectivity index (χ0v) is 10.7. The molecule has 0 spiro atoms. The smallest absolute Gasteiger partial charge is 0.126 e. The van der Waals surface area contributed by atoms with Crippen LogP contribution in [0.25, 0.3) is 0 Å². The van der Waals surface area contributed by atoms with Gasteiger partial charge in [0.1, 0.15) is 5.82 Å². The molecule has 3 atom stereocenters. The Morgan fingerprint density at radius 1 is 1.47 bits per heavy atom. The van der Waals surface area contributed by atoms with E-state index in [9.17, 15) is 4.39 Å². The van der Waals surface area contributed by atoms with Crippen LogP contribution in [-0.2, 0) is 4.74 Å². The van der Waals surface area contributed by atoms with Crippen LogP contribution in [0.3, 0.4) is 0 Å². The summed E-state index contributed by atoms with van der Waals surface area (Å²) >= 11 is 0. The molecular formula is C14H20FNO. The van der Waals surface area contributed by atoms with E-state index in [2.05, 4.69) is 12.2 Å². The second-order valence-corrected chi connectivity index (χ2v) is 4.80. The van der Waals surface area contributed by atoms with Gasteiger partial charge in [-0.3, -0.25) is 0 Å². The van der Waals surface area contributed by atoms with E-state index < -0.39 is 0 Å². The van der Waals surface area contributed by atoms with Gasteiger partial charge in [0.25, 0.3) is 0 Å². The zero-order chi connectivity index (χ0) is 12.4. The first-order valence-electron chi connectivity index (χ1n) is 6.18. The zero-order valence-electron chi connectivity index (χ0n) is 10.7. The van der Waals surface area contributed by atoms with Gasteiger partial charge >= 0.3 is 0 Å². The number of nitrogens with one attached hydrogen (secondary N) is 1. The Morgan fingerprint density at radius 2 is 2.24 bits per heavy atom. The number of aryl methyl sites for hydroxylation is 1. The van der Waals surface area contributed by atoms with Crippen molar-refractivity contribution >= 4 is 0 Å². The first-order chi connectivity index (χ1) is 8.13. The molecule has 3 heteroatoms. The summed E-state index contributed by atoms with van der Waals surface area (Å²) in [5.41, 5.74) is 1.71. The van der Waals surface area contributed by atoms with E-state index in [0.717, 1.165) is 18.6 Å². The number of hydrogen-bond acceptors (Lipinski definition) is 2. The van der Waals surface area contributed by atoms with Gasteiger partial charge in [-0.2, -0.15) is 0 Å². The second kappa shape index (κ2) is 5.15. The molecule has 1 aromatic rings. The first kappa shape index (κ1) is 12.5. The molecule has 1 aliphatic heterocycles. The fraction of sp³-hybridized carbons (Fsp3) is 0.571. The van der Waals surface area contributed by atoms with Gasteiger partial charge in [-0.25, -0.2) is 4.39 Å². The average molecular weight is 237 g/mol. The lowest BCUT2D eigenvalue weighted by molar-refractivity contribution is 0.0962. The third kappa shape index (κ3) is 2.50. The fourth-order valence-corrected chi connectivity index (χ4v) is 2.62. The van der Waals surface area contributed by atoms with Gasteiger partial charge in [-0.1, -0.05) is 12.1 Å². The topological polar surface area (TPSA) is 21.3 Å². The van der Waals surface area contributed by atoms with Crippen LogP contribution in [0, 0.1) is 18.7 Å². The van der Waals surface area contributed by atoms with Crippen molar-refractivity contribution in [3.8, 4) is 0 Å². The first-order valence-corrected chi connectivity index (χ1v) is 6.18. The van der Waals surface area contributed by atoms with Gasteiger partial charge < -0.3 is 10.1 Å². The van der Waals surface area contributed by atoms with Crippen molar-refractivity contribution in [1.82, 2.24) is 5.32 Å². The van der Waals surface area contributed by atoms with E-state index >= 15 is 0 Å². The maximum absolute atomic E-state index is 13.6. The van der Waals surface area contributed by atoms with Crippen molar-refractivity contribution in [3.63, 3.8) is 0 Å². The lowest BCUT2D eigenvalue weighted by atomic mass is 9.88. The van der Waals surface area contributed by atoms with E-state index in [-0.39, 0.29) is 18.0 Å². The maximum Gasteiger partial charge on any atom is 0.126 e. The third-order valence-electron chi connectivity index (χ3n) is 3.73. The van der Waals surface area contributed by atoms with Gasteiger partial charge in [0.15, 0.2) is 0 Å². The number of rotatable bonds is 3. The summed E-state index contributed by atoms with van der Waals surface area (Å²) in [4.78, 5) is 0. The molecule has 94 valence electrons. The minimum absolute atomic E-state index is 0.130. The van der Waals surface area contributed by atoms with Crippen molar-refractivity contribution in [2.45, 2.75) is 32.4 Å². The summed E-state index contributed by atoms with van der Waals surface area (Å²) in [6.45, 7) is 4.68. The van der Waals surface area contributed by atoms with Crippen LogP contribution >= 0.6 is 0 Å². The summed E-state index contributed by atoms with van der Waals surface area (Å²) in [6, 6.07) is 5.66. The van der Waals surface area contributed by atoms with Gasteiger partial charge in [0.2, 0.25) is 0 Å². The van der Waals surface area contributed by atoms with Gasteiger partial charge in [-0.15, -0.1) is 0 Å². The highest BCUT2D eigenvalue weighted by molar-refractivity contribution is 5.26. The Balaban J connectivity index is 2.25. The molecule has 0 aliphatic carbocycles. The highest BCUT2D eigenvalue weighted by Gasteiger charge is 2.32. The van der Waals surface area contributed by atoms with Gasteiger partial charge in [0.05, 0.1) is 6.10 Å². The molecule has 0 saturated carbocycles. The second-order valence-electron chi connectivity index (χ2n) is 4.80. The van der Waals surface area contributed by atoms with E-state index in [1.54, 1.807) is 13.0 Å². The van der Waals surface area contributed by atoms with Crippen LogP contribution < -0.4 is 5.32 Å². The van der Waals surface area contributed by atoms with Crippen LogP contribution in [0.4, 0.5) is 4.39 Å². The number of ether oxygens (including phenoxy) is 1. The van der Waals surface area contributed by atoms with Crippen LogP contribution in [0.5, 0.6) is 0 Å². The molecular weight excluding hydrogens is 217 g/mol. The number of hydrogen-bond donors (Lipinski definition) is 1. The SMILES string of the molecule is CNC(c1ccc(C)c(F)c1)C1CCOC1C. The summed E-state index contributed by atoms with van der Waals surface area (Å²) in [7, 11) is 1.92. The molecule has 1 saturated heterocycles. The molecule has 0 amide bonds. The molecule has 1 aliphatic rings. The molecule has 1 heterocycles. The van der Waals surface area contributed by atoms with Crippen LogP contribution in [0.15, 0.2) is 18.2 Å². The molecule has 3 unspecified atom stereocenters. The Bertz CT molecular complexity index is 394. The average Bonchev–Trinajstić information content (AvgIpc) is 2.71. The molecule has 2 rings (SSSR count). The fourth-order valence-electron chi connectivity index (χ4n) is 2.62. The van der Waals surface area contributed by atoms with Gasteiger partial charge in [0, 0.05) is 18.6 Å². The van der Waals surface area contributed by atoms with E-state index in [1.165, 1.54) is 0 Å². The van der Waals surface area contributed by atoms with E-state index in [4.69, 9.17) is 4.74 Å².